The second kappa shape index (κ2) is 1.97. The lowest BCUT2D eigenvalue weighted by Gasteiger charge is -1.96. The Morgan fingerprint density at radius 2 is 2.00 bits per heavy atom. The van der Waals surface area contributed by atoms with Gasteiger partial charge in [-0.15, -0.1) is 0 Å². The molecule has 1 rings (SSSR count). The van der Waals surface area contributed by atoms with Crippen LogP contribution in [0.3, 0.4) is 0 Å². The zero-order chi connectivity index (χ0) is 6.85. The lowest BCUT2D eigenvalue weighted by atomic mass is 10.2. The third-order valence-electron chi connectivity index (χ3n) is 1.05. The molecule has 2 heteroatoms. The van der Waals surface area contributed by atoms with Gasteiger partial charge in [-0.3, -0.25) is 0 Å². The highest BCUT2D eigenvalue weighted by Gasteiger charge is 1.89. The second-order valence-corrected chi connectivity index (χ2v) is 2.05. The van der Waals surface area contributed by atoms with Crippen molar-refractivity contribution >= 4 is 11.4 Å². The normalized spacial score (nSPS) is 9.44. The molecular weight excluding hydrogens is 112 g/mol. The van der Waals surface area contributed by atoms with E-state index in [1.54, 1.807) is 6.07 Å². The first-order chi connectivity index (χ1) is 4.18. The van der Waals surface area contributed by atoms with Crippen LogP contribution in [-0.4, -0.2) is 0 Å². The van der Waals surface area contributed by atoms with Gasteiger partial charge in [-0.1, -0.05) is 0 Å². The molecule has 0 unspecified atom stereocenters. The molecule has 0 aliphatic rings. The van der Waals surface area contributed by atoms with E-state index in [1.165, 1.54) is 0 Å². The van der Waals surface area contributed by atoms with Crippen molar-refractivity contribution in [3.05, 3.63) is 23.8 Å². The van der Waals surface area contributed by atoms with Gasteiger partial charge in [-0.25, -0.2) is 0 Å². The van der Waals surface area contributed by atoms with Crippen LogP contribution in [0.5, 0.6) is 0 Å². The number of benzene rings is 1. The highest BCUT2D eigenvalue weighted by atomic mass is 14.6. The first-order valence-corrected chi connectivity index (χ1v) is 2.73. The summed E-state index contributed by atoms with van der Waals surface area (Å²) in [5, 5.41) is 0. The van der Waals surface area contributed by atoms with Crippen molar-refractivity contribution in [2.75, 3.05) is 11.5 Å². The molecule has 1 aromatic rings. The van der Waals surface area contributed by atoms with Crippen LogP contribution in [0.15, 0.2) is 12.1 Å². The van der Waals surface area contributed by atoms with Crippen molar-refractivity contribution in [3.8, 4) is 0 Å². The van der Waals surface area contributed by atoms with Gasteiger partial charge in [0.15, 0.2) is 0 Å². The van der Waals surface area contributed by atoms with Gasteiger partial charge in [-0.05, 0) is 24.6 Å². The van der Waals surface area contributed by atoms with E-state index in [9.17, 15) is 0 Å². The largest absolute Gasteiger partial charge is 0.399 e. The molecule has 0 saturated carbocycles. The van der Waals surface area contributed by atoms with Gasteiger partial charge in [0.25, 0.3) is 0 Å². The maximum Gasteiger partial charge on any atom is 0.0417 e. The Bertz CT molecular complexity index is 168. The Balaban J connectivity index is 3.17. The molecule has 0 amide bonds. The number of aryl methyl sites for hydroxylation is 1. The molecule has 4 N–H and O–H groups in total. The molecule has 0 saturated heterocycles. The SMILES string of the molecule is Cc1[c]c(N)cc(N)c1. The topological polar surface area (TPSA) is 52.0 Å². The summed E-state index contributed by atoms with van der Waals surface area (Å²) in [6.45, 7) is 1.91. The minimum absolute atomic E-state index is 0.604. The van der Waals surface area contributed by atoms with Crippen LogP contribution in [0.4, 0.5) is 11.4 Å². The third-order valence-corrected chi connectivity index (χ3v) is 1.05. The molecule has 0 atom stereocenters. The lowest BCUT2D eigenvalue weighted by molar-refractivity contribution is 1.46. The Morgan fingerprint density at radius 3 is 2.44 bits per heavy atom. The van der Waals surface area contributed by atoms with E-state index in [2.05, 4.69) is 6.07 Å². The molecule has 2 nitrogen and oxygen atoms in total. The summed E-state index contributed by atoms with van der Waals surface area (Å²) in [4.78, 5) is 0. The predicted octanol–water partition coefficient (Wildman–Crippen LogP) is 0.960. The summed E-state index contributed by atoms with van der Waals surface area (Å²) >= 11 is 0. The summed E-state index contributed by atoms with van der Waals surface area (Å²) in [5.74, 6) is 0. The zero-order valence-corrected chi connectivity index (χ0v) is 5.31. The van der Waals surface area contributed by atoms with Gasteiger partial charge < -0.3 is 11.5 Å². The van der Waals surface area contributed by atoms with Gasteiger partial charge in [0.1, 0.15) is 0 Å². The molecule has 0 heterocycles. The minimum Gasteiger partial charge on any atom is -0.399 e. The average Bonchev–Trinajstić information content (AvgIpc) is 1.59. The van der Waals surface area contributed by atoms with Crippen LogP contribution in [0, 0.1) is 13.0 Å². The molecule has 9 heavy (non-hydrogen) atoms. The maximum absolute atomic E-state index is 5.46. The van der Waals surface area contributed by atoms with Crippen molar-refractivity contribution < 1.29 is 0 Å². The molecule has 47 valence electrons. The number of hydrogen-bond acceptors (Lipinski definition) is 2. The summed E-state index contributed by atoms with van der Waals surface area (Å²) < 4.78 is 0. The van der Waals surface area contributed by atoms with Crippen molar-refractivity contribution in [3.63, 3.8) is 0 Å². The molecule has 0 spiro atoms. The Labute approximate surface area is 54.5 Å². The quantitative estimate of drug-likeness (QED) is 0.502. The summed E-state index contributed by atoms with van der Waals surface area (Å²) in [6, 6.07) is 6.43. The van der Waals surface area contributed by atoms with Gasteiger partial charge >= 0.3 is 0 Å². The summed E-state index contributed by atoms with van der Waals surface area (Å²) in [7, 11) is 0. The van der Waals surface area contributed by atoms with E-state index in [0.29, 0.717) is 11.4 Å². The maximum atomic E-state index is 5.46. The smallest absolute Gasteiger partial charge is 0.0417 e. The van der Waals surface area contributed by atoms with Crippen LogP contribution in [0.2, 0.25) is 0 Å². The molecule has 1 radical (unpaired) electrons. The molecule has 0 aromatic heterocycles. The zero-order valence-electron chi connectivity index (χ0n) is 5.31. The van der Waals surface area contributed by atoms with Crippen molar-refractivity contribution in [2.45, 2.75) is 6.92 Å². The number of nitrogens with two attached hydrogens (primary N) is 2. The van der Waals surface area contributed by atoms with Crippen molar-refractivity contribution in [2.24, 2.45) is 0 Å². The number of hydrogen-bond donors (Lipinski definition) is 2. The summed E-state index contributed by atoms with van der Waals surface area (Å²) in [5.41, 5.74) is 13.2. The van der Waals surface area contributed by atoms with Crippen LogP contribution >= 0.6 is 0 Å². The first kappa shape index (κ1) is 5.95. The number of nitrogen functional groups attached to an aromatic ring is 2. The van der Waals surface area contributed by atoms with E-state index in [0.717, 1.165) is 5.56 Å². The minimum atomic E-state index is 0.604. The molecule has 0 bridgehead atoms. The van der Waals surface area contributed by atoms with E-state index in [-0.39, 0.29) is 0 Å². The van der Waals surface area contributed by atoms with Gasteiger partial charge in [0, 0.05) is 17.4 Å². The third kappa shape index (κ3) is 1.35. The fraction of sp³-hybridized carbons (Fsp3) is 0.143. The van der Waals surface area contributed by atoms with Crippen LogP contribution in [0.25, 0.3) is 0 Å². The monoisotopic (exact) mass is 121 g/mol. The Kier molecular flexibility index (Phi) is 1.30. The molecular formula is C7H9N2. The van der Waals surface area contributed by atoms with Gasteiger partial charge in [-0.2, -0.15) is 0 Å². The molecule has 0 aliphatic carbocycles. The Morgan fingerprint density at radius 1 is 1.33 bits per heavy atom. The summed E-state index contributed by atoms with van der Waals surface area (Å²) in [6.07, 6.45) is 0. The molecule has 1 aromatic carbocycles. The van der Waals surface area contributed by atoms with E-state index < -0.39 is 0 Å². The number of anilines is 2. The predicted molar refractivity (Wildman–Crippen MR) is 38.8 cm³/mol. The average molecular weight is 121 g/mol. The highest BCUT2D eigenvalue weighted by molar-refractivity contribution is 5.52. The van der Waals surface area contributed by atoms with Gasteiger partial charge in [0.2, 0.25) is 0 Å². The fourth-order valence-electron chi connectivity index (χ4n) is 0.771. The fourth-order valence-corrected chi connectivity index (χ4v) is 0.771. The molecule has 0 fully saturated rings. The van der Waals surface area contributed by atoms with Crippen molar-refractivity contribution in [1.29, 1.82) is 0 Å². The van der Waals surface area contributed by atoms with Crippen LogP contribution in [0.1, 0.15) is 5.56 Å². The lowest BCUT2D eigenvalue weighted by Crippen LogP contribution is -1.90. The second-order valence-electron chi connectivity index (χ2n) is 2.05. The van der Waals surface area contributed by atoms with Crippen LogP contribution < -0.4 is 11.5 Å². The Hall–Kier alpha value is -1.18. The molecule has 0 aliphatic heterocycles. The van der Waals surface area contributed by atoms with E-state index in [1.807, 2.05) is 13.0 Å². The van der Waals surface area contributed by atoms with E-state index >= 15 is 0 Å². The highest BCUT2D eigenvalue weighted by Crippen LogP contribution is 2.10. The van der Waals surface area contributed by atoms with Gasteiger partial charge in [0.05, 0.1) is 0 Å². The number of rotatable bonds is 0. The van der Waals surface area contributed by atoms with Crippen LogP contribution in [-0.2, 0) is 0 Å². The standard InChI is InChI=1S/C7H9N2/c1-5-2-6(8)4-7(9)3-5/h2,4H,8-9H2,1H3. The first-order valence-electron chi connectivity index (χ1n) is 2.73. The van der Waals surface area contributed by atoms with Crippen molar-refractivity contribution in [1.82, 2.24) is 0 Å². The van der Waals surface area contributed by atoms with E-state index in [4.69, 9.17) is 11.5 Å².